The van der Waals surface area contributed by atoms with Crippen LogP contribution in [0.15, 0.2) is 24.3 Å². The van der Waals surface area contributed by atoms with Gasteiger partial charge in [-0.3, -0.25) is 0 Å². The van der Waals surface area contributed by atoms with Crippen molar-refractivity contribution in [2.45, 2.75) is 249 Å². The van der Waals surface area contributed by atoms with Crippen LogP contribution in [0, 0.1) is 0 Å². The summed E-state index contributed by atoms with van der Waals surface area (Å²) < 4.78 is 13.2. The Kier molecular flexibility index (Phi) is 24.8. The summed E-state index contributed by atoms with van der Waals surface area (Å²) in [5.41, 5.74) is 3.39. The van der Waals surface area contributed by atoms with Crippen LogP contribution < -0.4 is 5.79 Å². The van der Waals surface area contributed by atoms with Crippen molar-refractivity contribution in [3.8, 4) is 19.5 Å². The molecule has 0 aliphatic carbocycles. The molecular formula is C58H92S6Sn2. The summed E-state index contributed by atoms with van der Waals surface area (Å²) in [6.07, 6.45) is 45.4. The van der Waals surface area contributed by atoms with Gasteiger partial charge in [0.1, 0.15) is 0 Å². The van der Waals surface area contributed by atoms with Crippen molar-refractivity contribution in [2.24, 2.45) is 0 Å². The molecule has 8 heteroatoms. The second-order valence-electron chi connectivity index (χ2n) is 22.2. The third-order valence-electron chi connectivity index (χ3n) is 14.1. The van der Waals surface area contributed by atoms with Crippen LogP contribution in [0.1, 0.15) is 218 Å². The summed E-state index contributed by atoms with van der Waals surface area (Å²) in [4.78, 5) is 21.9. The number of unbranched alkanes of at least 4 members (excludes halogenated alkanes) is 28. The number of aryl methyl sites for hydroxylation is 2. The maximum absolute atomic E-state index is 2.59. The normalized spacial score (nSPS) is 12.7. The van der Waals surface area contributed by atoms with Gasteiger partial charge in [0.2, 0.25) is 0 Å². The quantitative estimate of drug-likeness (QED) is 0.0272. The number of hydrogen-bond acceptors (Lipinski definition) is 6. The molecular weight excluding hydrogens is 1130 g/mol. The van der Waals surface area contributed by atoms with Gasteiger partial charge in [-0.05, 0) is 0 Å². The van der Waals surface area contributed by atoms with Crippen LogP contribution in [0.3, 0.4) is 0 Å². The third-order valence-corrected chi connectivity index (χ3v) is 41.3. The van der Waals surface area contributed by atoms with Crippen LogP contribution >= 0.6 is 68.0 Å². The van der Waals surface area contributed by atoms with Crippen molar-refractivity contribution in [3.05, 3.63) is 35.4 Å². The van der Waals surface area contributed by atoms with E-state index in [2.05, 4.69) is 136 Å². The van der Waals surface area contributed by atoms with Crippen LogP contribution in [0.4, 0.5) is 0 Å². The Hall–Kier alpha value is 0.577. The first kappa shape index (κ1) is 55.9. The zero-order valence-corrected chi connectivity index (χ0v) is 54.0. The molecule has 6 aromatic heterocycles. The zero-order valence-electron chi connectivity index (χ0n) is 43.4. The van der Waals surface area contributed by atoms with Crippen molar-refractivity contribution < 1.29 is 0 Å². The van der Waals surface area contributed by atoms with Gasteiger partial charge in [0.15, 0.2) is 0 Å². The Morgan fingerprint density at radius 1 is 0.288 bits per heavy atom. The second kappa shape index (κ2) is 29.3. The molecule has 0 spiro atoms. The predicted molar refractivity (Wildman–Crippen MR) is 320 cm³/mol. The van der Waals surface area contributed by atoms with Gasteiger partial charge in [0.05, 0.1) is 0 Å². The topological polar surface area (TPSA) is 0 Å². The van der Waals surface area contributed by atoms with Crippen LogP contribution in [-0.4, -0.2) is 36.8 Å². The summed E-state index contributed by atoms with van der Waals surface area (Å²) in [6, 6.07) is 10.1. The van der Waals surface area contributed by atoms with Gasteiger partial charge in [-0.1, -0.05) is 129 Å². The summed E-state index contributed by atoms with van der Waals surface area (Å²) >= 11 is 8.69. The van der Waals surface area contributed by atoms with E-state index >= 15 is 0 Å². The molecule has 0 nitrogen and oxygen atoms in total. The van der Waals surface area contributed by atoms with Gasteiger partial charge < -0.3 is 0 Å². The van der Waals surface area contributed by atoms with Crippen molar-refractivity contribution in [2.75, 3.05) is 0 Å². The molecule has 0 saturated heterocycles. The number of thiophene rings is 6. The van der Waals surface area contributed by atoms with Gasteiger partial charge in [-0.25, -0.2) is 0 Å². The zero-order chi connectivity index (χ0) is 46.8. The van der Waals surface area contributed by atoms with E-state index in [1.807, 2.05) is 0 Å². The molecule has 0 N–H and O–H groups in total. The van der Waals surface area contributed by atoms with E-state index in [1.165, 1.54) is 205 Å². The van der Waals surface area contributed by atoms with Crippen molar-refractivity contribution in [3.63, 3.8) is 0 Å². The molecule has 368 valence electrons. The Bertz CT molecular complexity index is 2100. The van der Waals surface area contributed by atoms with Crippen LogP contribution in [-0.2, 0) is 12.8 Å². The summed E-state index contributed by atoms with van der Waals surface area (Å²) in [6.45, 7) is 4.64. The molecule has 0 amide bonds. The predicted octanol–water partition coefficient (Wildman–Crippen LogP) is 22.8. The van der Waals surface area contributed by atoms with E-state index < -0.39 is 36.8 Å². The Balaban J connectivity index is 1.11. The average Bonchev–Trinajstić information content (AvgIpc) is 4.14. The average molecular weight is 1220 g/mol. The fraction of sp³-hybridized carbons (Fsp3) is 0.690. The molecule has 0 atom stereocenters. The third kappa shape index (κ3) is 16.8. The molecule has 6 heterocycles. The van der Waals surface area contributed by atoms with Gasteiger partial charge in [0.25, 0.3) is 0 Å². The number of hydrogen-bond donors (Lipinski definition) is 0. The molecule has 0 bridgehead atoms. The van der Waals surface area contributed by atoms with E-state index in [-0.39, 0.29) is 0 Å². The first-order valence-corrected chi connectivity index (χ1v) is 52.5. The van der Waals surface area contributed by atoms with Crippen LogP contribution in [0.5, 0.6) is 0 Å². The molecule has 66 heavy (non-hydrogen) atoms. The van der Waals surface area contributed by atoms with E-state index in [9.17, 15) is 0 Å². The Morgan fingerprint density at radius 2 is 0.545 bits per heavy atom. The molecule has 6 rings (SSSR count). The molecule has 0 unspecified atom stereocenters. The van der Waals surface area contributed by atoms with Gasteiger partial charge >= 0.3 is 313 Å². The van der Waals surface area contributed by atoms with Crippen molar-refractivity contribution in [1.29, 1.82) is 0 Å². The fourth-order valence-corrected chi connectivity index (χ4v) is 29.0. The summed E-state index contributed by atoms with van der Waals surface area (Å²) in [5, 5.41) is 0. The van der Waals surface area contributed by atoms with E-state index in [0.717, 1.165) is 0 Å². The summed E-state index contributed by atoms with van der Waals surface area (Å²) in [5.74, 6) is 0. The second-order valence-corrected chi connectivity index (χ2v) is 59.3. The van der Waals surface area contributed by atoms with Gasteiger partial charge in [0, 0.05) is 0 Å². The maximum atomic E-state index is 2.59. The molecule has 0 fully saturated rings. The molecule has 0 aliphatic heterocycles. The van der Waals surface area contributed by atoms with E-state index in [1.54, 1.807) is 64.6 Å². The Morgan fingerprint density at radius 3 is 0.803 bits per heavy atom. The van der Waals surface area contributed by atoms with Crippen LogP contribution in [0.25, 0.3) is 47.7 Å². The Labute approximate surface area is 437 Å². The van der Waals surface area contributed by atoms with Crippen LogP contribution in [0.2, 0.25) is 29.6 Å². The SMILES string of the molecule is CCCCCCCCCCCCCCCCCc1c(-c2cc[c]([Sn]([CH3])([CH3])[CH3])s2)sc2c1sc1c3sc(-c4cc[c]([Sn]([CH3])([CH3])[CH3])s4)c(CCCCCCCCCCCCCCCCC)c3sc21. The fourth-order valence-electron chi connectivity index (χ4n) is 9.94. The minimum absolute atomic E-state index is 1.24. The van der Waals surface area contributed by atoms with Crippen molar-refractivity contribution in [1.82, 2.24) is 0 Å². The molecule has 0 aliphatic rings. The number of fused-ring (bicyclic) bond motifs is 5. The number of rotatable bonds is 36. The van der Waals surface area contributed by atoms with E-state index in [0.29, 0.717) is 0 Å². The molecule has 0 saturated carbocycles. The van der Waals surface area contributed by atoms with Gasteiger partial charge in [-0.2, -0.15) is 0 Å². The van der Waals surface area contributed by atoms with Crippen molar-refractivity contribution >= 4 is 139 Å². The standard InChI is InChI=1S/C52H74S6.6CH3.2Sn/c1-3-5-7-9-11-13-15-17-19-21-23-25-27-29-31-35-41-45(43-37-33-39-53-43)55-49-47(41)57-52-50-48(58-51(49)52)42(46(56-50)44-38-34-40-54-44)36-32-30-28-26-24-22-20-18-16-14-12-10-8-6-4-2;;;;;;;;/h33-34,37-38H,3-32,35-36H2,1-2H3;6*1H3;;. The van der Waals surface area contributed by atoms with Gasteiger partial charge in [-0.15, -0.1) is 0 Å². The first-order valence-electron chi connectivity index (χ1n) is 27.6. The molecule has 0 radical (unpaired) electrons. The molecule has 0 aromatic carbocycles. The first-order chi connectivity index (χ1) is 32.0. The minimum atomic E-state index is -2.15. The summed E-state index contributed by atoms with van der Waals surface area (Å²) in [7, 11) is 0. The molecule has 6 aromatic rings. The van der Waals surface area contributed by atoms with E-state index in [4.69, 9.17) is 0 Å². The monoisotopic (exact) mass is 1220 g/mol.